The van der Waals surface area contributed by atoms with Gasteiger partial charge in [0, 0.05) is 67.6 Å². The molecule has 30 heteroatoms. The summed E-state index contributed by atoms with van der Waals surface area (Å²) in [6.45, 7) is 10.2. The number of benzene rings is 3. The first kappa shape index (κ1) is 73.2. The highest BCUT2D eigenvalue weighted by Crippen LogP contribution is 2.36. The van der Waals surface area contributed by atoms with Gasteiger partial charge in [-0.1, -0.05) is 24.3 Å². The van der Waals surface area contributed by atoms with Gasteiger partial charge < -0.3 is 79.4 Å². The number of aryl methyl sites for hydroxylation is 1. The maximum atomic E-state index is 15.8. The number of ether oxygens (including phenoxy) is 9. The maximum Gasteiger partial charge on any atom is 0.325 e. The van der Waals surface area contributed by atoms with Crippen LogP contribution in [0.25, 0.3) is 32.9 Å². The van der Waals surface area contributed by atoms with Gasteiger partial charge in [0.25, 0.3) is 5.91 Å². The third-order valence-electron chi connectivity index (χ3n) is 15.9. The Bertz CT molecular complexity index is 3500. The molecule has 5 heterocycles. The molecule has 0 unspecified atom stereocenters. The van der Waals surface area contributed by atoms with Crippen molar-refractivity contribution >= 4 is 80.5 Å². The fourth-order valence-electron chi connectivity index (χ4n) is 10.9. The number of hydrogen-bond donors (Lipinski definition) is 5. The summed E-state index contributed by atoms with van der Waals surface area (Å²) in [5.74, 6) is -2.27. The summed E-state index contributed by atoms with van der Waals surface area (Å²) in [5.41, 5.74) is 9.72. The van der Waals surface area contributed by atoms with Gasteiger partial charge in [0.1, 0.15) is 24.7 Å². The van der Waals surface area contributed by atoms with Crippen LogP contribution >= 0.6 is 0 Å². The molecule has 2 aliphatic heterocycles. The lowest BCUT2D eigenvalue weighted by atomic mass is 9.89. The fraction of sp³-hybridized carbons (Fsp3) is 0.530. The molecule has 5 amide bonds. The van der Waals surface area contributed by atoms with E-state index in [1.165, 1.54) is 42.1 Å². The predicted molar refractivity (Wildman–Crippen MR) is 350 cm³/mol. The molecule has 2 fully saturated rings. The van der Waals surface area contributed by atoms with Crippen molar-refractivity contribution in [1.29, 1.82) is 0 Å². The zero-order chi connectivity index (χ0) is 67.9. The second-order valence-corrected chi connectivity index (χ2v) is 22.7. The Morgan fingerprint density at radius 3 is 1.83 bits per heavy atom. The van der Waals surface area contributed by atoms with Crippen molar-refractivity contribution in [2.24, 2.45) is 5.73 Å². The van der Waals surface area contributed by atoms with Gasteiger partial charge in [-0.3, -0.25) is 38.2 Å². The number of primary amides is 1. The molecule has 3 aromatic heterocycles. The molecule has 0 aliphatic carbocycles. The average molecular weight is 1340 g/mol. The minimum Gasteiger partial charge on any atom is -0.468 e. The van der Waals surface area contributed by atoms with Crippen molar-refractivity contribution in [3.05, 3.63) is 89.8 Å². The number of nitrogens with two attached hydrogens (primary N) is 1. The van der Waals surface area contributed by atoms with E-state index in [1.54, 1.807) is 31.3 Å². The van der Waals surface area contributed by atoms with Crippen molar-refractivity contribution in [2.75, 3.05) is 169 Å². The molecular formula is C66H88FN13O16. The van der Waals surface area contributed by atoms with E-state index in [2.05, 4.69) is 58.2 Å². The highest BCUT2D eigenvalue weighted by molar-refractivity contribution is 6.01. The normalized spacial score (nSPS) is 13.5. The average Bonchev–Trinajstić information content (AvgIpc) is 1.61. The summed E-state index contributed by atoms with van der Waals surface area (Å²) in [4.78, 5) is 100. The van der Waals surface area contributed by atoms with Crippen LogP contribution in [0.1, 0.15) is 83.8 Å². The van der Waals surface area contributed by atoms with Gasteiger partial charge in [-0.15, -0.1) is 0 Å². The van der Waals surface area contributed by atoms with Gasteiger partial charge in [-0.2, -0.15) is 10.2 Å². The van der Waals surface area contributed by atoms with Crippen molar-refractivity contribution in [2.45, 2.75) is 70.8 Å². The smallest absolute Gasteiger partial charge is 0.325 e. The van der Waals surface area contributed by atoms with Crippen LogP contribution in [0, 0.1) is 12.7 Å². The Balaban J connectivity index is 0.562. The maximum absolute atomic E-state index is 15.8. The minimum atomic E-state index is -0.638. The number of carbonyl (C=O) groups excluding carboxylic acids is 7. The Hall–Kier alpha value is -8.62. The summed E-state index contributed by atoms with van der Waals surface area (Å²) < 4.78 is 67.4. The van der Waals surface area contributed by atoms with E-state index < -0.39 is 35.4 Å². The Labute approximate surface area is 555 Å². The van der Waals surface area contributed by atoms with E-state index in [0.29, 0.717) is 163 Å². The predicted octanol–water partition coefficient (Wildman–Crippen LogP) is 3.99. The topological polar surface area (TPSA) is 345 Å². The van der Waals surface area contributed by atoms with Crippen LogP contribution in [0.4, 0.5) is 21.7 Å². The number of anilines is 3. The highest BCUT2D eigenvalue weighted by atomic mass is 19.1. The molecule has 0 bridgehead atoms. The number of amides is 5. The second kappa shape index (κ2) is 39.4. The number of nitrogens with one attached hydrogen (secondary N) is 4. The number of piperidine rings is 2. The second-order valence-electron chi connectivity index (χ2n) is 22.7. The number of methoxy groups -OCH3 is 1. The lowest BCUT2D eigenvalue weighted by Gasteiger charge is -2.32. The molecule has 29 nitrogen and oxygen atoms in total. The monoisotopic (exact) mass is 1340 g/mol. The van der Waals surface area contributed by atoms with Gasteiger partial charge in [0.2, 0.25) is 29.5 Å². The SMILES string of the molecule is COC(=O)CNC(=O)CNC(=O)Cn1nc(C)c2c(-c3cc4c(cnn4C(=O)CCC(=O)NCCOCCOCCOCCOCCOCCOCCOCCOCCC(=O)N4CCC(c5ccc(Nc6nc(N7CCCCC7)cnc6C(N)=O)cc5)CC4)cc3F)cccc21. The molecule has 0 saturated carbocycles. The van der Waals surface area contributed by atoms with Crippen LogP contribution < -0.4 is 31.9 Å². The quantitative estimate of drug-likeness (QED) is 0.0267. The highest BCUT2D eigenvalue weighted by Gasteiger charge is 2.26. The number of rotatable bonds is 42. The molecule has 2 saturated heterocycles. The van der Waals surface area contributed by atoms with Crippen LogP contribution in [0.2, 0.25) is 0 Å². The lowest BCUT2D eigenvalue weighted by molar-refractivity contribution is -0.141. The molecule has 6 N–H and O–H groups in total. The van der Waals surface area contributed by atoms with E-state index in [1.807, 2.05) is 17.0 Å². The van der Waals surface area contributed by atoms with Gasteiger partial charge in [0.05, 0.1) is 155 Å². The Kier molecular flexibility index (Phi) is 30.1. The Morgan fingerprint density at radius 2 is 1.22 bits per heavy atom. The number of nitrogens with zero attached hydrogens (tertiary/aromatic N) is 8. The number of likely N-dealkylation sites (tertiary alicyclic amines) is 1. The largest absolute Gasteiger partial charge is 0.468 e. The first-order chi connectivity index (χ1) is 46.8. The number of aromatic nitrogens is 6. The van der Waals surface area contributed by atoms with Crippen LogP contribution in [0.5, 0.6) is 0 Å². The summed E-state index contributed by atoms with van der Waals surface area (Å²) in [6, 6.07) is 16.0. The zero-order valence-electron chi connectivity index (χ0n) is 54.6. The van der Waals surface area contributed by atoms with Gasteiger partial charge >= 0.3 is 5.97 Å². The molecule has 2 aliphatic rings. The van der Waals surface area contributed by atoms with E-state index >= 15 is 4.39 Å². The molecule has 0 atom stereocenters. The van der Waals surface area contributed by atoms with E-state index in [4.69, 9.17) is 48.6 Å². The molecule has 0 radical (unpaired) electrons. The summed E-state index contributed by atoms with van der Waals surface area (Å²) in [6.07, 6.45) is 8.17. The molecule has 3 aromatic carbocycles. The van der Waals surface area contributed by atoms with Crippen molar-refractivity contribution in [3.8, 4) is 11.1 Å². The van der Waals surface area contributed by atoms with Gasteiger partial charge in [-0.25, -0.2) is 19.0 Å². The van der Waals surface area contributed by atoms with Crippen molar-refractivity contribution in [1.82, 2.24) is 50.4 Å². The van der Waals surface area contributed by atoms with E-state index in [9.17, 15) is 33.6 Å². The first-order valence-corrected chi connectivity index (χ1v) is 32.5. The summed E-state index contributed by atoms with van der Waals surface area (Å²) in [5, 5.41) is 20.5. The fourth-order valence-corrected chi connectivity index (χ4v) is 10.9. The molecular weight excluding hydrogens is 1250 g/mol. The number of hydrogen-bond acceptors (Lipinski definition) is 22. The van der Waals surface area contributed by atoms with E-state index in [0.717, 1.165) is 55.0 Å². The van der Waals surface area contributed by atoms with Crippen LogP contribution in [0.3, 0.4) is 0 Å². The van der Waals surface area contributed by atoms with Crippen LogP contribution in [-0.4, -0.2) is 234 Å². The van der Waals surface area contributed by atoms with Crippen LogP contribution in [-0.2, 0) is 73.1 Å². The standard InChI is InChI=1S/C66H88FN13O16/c1-46-63-51(7-6-8-54(63)79(76-46)45-59(83)70-43-58(82)71-44-62(86)88-2)52-40-55-49(39-53(52)67)41-73-80(55)61(85)14-13-57(81)69-18-24-90-26-28-92-30-32-94-34-36-96-38-37-95-35-33-93-31-29-91-27-25-89-23-17-60(84)78-21-15-48(16-22-78)47-9-11-50(12-10-47)74-66-64(65(68)87)72-42-56(75-66)77-19-4-3-5-20-77/h6-12,39-42,48H,3-5,13-38,43-45H2,1-2H3,(H2,68,87)(H,69,81)(H,70,83)(H,71,82)(H,74,75). The molecule has 6 aromatic rings. The first-order valence-electron chi connectivity index (χ1n) is 32.5. The van der Waals surface area contributed by atoms with Crippen molar-refractivity contribution in [3.63, 3.8) is 0 Å². The van der Waals surface area contributed by atoms with Gasteiger partial charge in [0.15, 0.2) is 11.5 Å². The number of halogens is 1. The molecule has 0 spiro atoms. The third-order valence-corrected chi connectivity index (χ3v) is 15.9. The van der Waals surface area contributed by atoms with E-state index in [-0.39, 0.29) is 68.7 Å². The third kappa shape index (κ3) is 23.1. The summed E-state index contributed by atoms with van der Waals surface area (Å²) in [7, 11) is 1.19. The zero-order valence-corrected chi connectivity index (χ0v) is 54.6. The molecule has 520 valence electrons. The van der Waals surface area contributed by atoms with Crippen LogP contribution in [0.15, 0.2) is 67.0 Å². The summed E-state index contributed by atoms with van der Waals surface area (Å²) >= 11 is 0. The van der Waals surface area contributed by atoms with Gasteiger partial charge in [-0.05, 0) is 86.4 Å². The molecule has 8 rings (SSSR count). The number of esters is 1. The Morgan fingerprint density at radius 1 is 0.615 bits per heavy atom. The lowest BCUT2D eigenvalue weighted by Crippen LogP contribution is -2.40. The van der Waals surface area contributed by atoms with Crippen molar-refractivity contribution < 1.29 is 80.6 Å². The molecule has 96 heavy (non-hydrogen) atoms. The number of carbonyl (C=O) groups is 7. The number of fused-ring (bicyclic) bond motifs is 2. The minimum absolute atomic E-state index is 0.0864.